The van der Waals surface area contributed by atoms with Crippen molar-refractivity contribution in [3.8, 4) is 28.4 Å². The smallest absolute Gasteiger partial charge is 0.137 e. The van der Waals surface area contributed by atoms with Crippen LogP contribution in [0.1, 0.15) is 31.9 Å². The summed E-state index contributed by atoms with van der Waals surface area (Å²) in [5, 5.41) is 13.7. The van der Waals surface area contributed by atoms with Gasteiger partial charge in [0.25, 0.3) is 0 Å². The first-order chi connectivity index (χ1) is 22.9. The lowest BCUT2D eigenvalue weighted by molar-refractivity contribution is 0.483. The van der Waals surface area contributed by atoms with Gasteiger partial charge in [0.1, 0.15) is 17.3 Å². The van der Waals surface area contributed by atoms with E-state index in [4.69, 9.17) is 15.1 Å². The number of pyridine rings is 1. The third-order valence-electron chi connectivity index (χ3n) is 8.43. The van der Waals surface area contributed by atoms with E-state index in [0.717, 1.165) is 50.4 Å². The average Bonchev–Trinajstić information content (AvgIpc) is 3.43. The van der Waals surface area contributed by atoms with Crippen LogP contribution in [0.25, 0.3) is 44.3 Å². The number of hydrogen-bond donors (Lipinski definition) is 2. The molecule has 0 aliphatic heterocycles. The second kappa shape index (κ2) is 12.5. The standard InChI is InChI=1S/C42H36N4O/c1-42(2,3)33-22-23-44-41(24-33)46-39-15-8-7-14-37(39)38-21-20-36(26-40(38)46)47-35-13-9-12-34(25-35)45-28-32(27-43)31-18-16-30(17-19-31)29-10-5-4-6-11-29/h4-28,43,45H,1-3H3/b32-28+,43-27?. The van der Waals surface area contributed by atoms with Gasteiger partial charge in [-0.05, 0) is 70.1 Å². The van der Waals surface area contributed by atoms with Crippen molar-refractivity contribution in [2.45, 2.75) is 26.2 Å². The molecule has 2 aromatic heterocycles. The van der Waals surface area contributed by atoms with Gasteiger partial charge in [-0.2, -0.15) is 0 Å². The predicted molar refractivity (Wildman–Crippen MR) is 196 cm³/mol. The van der Waals surface area contributed by atoms with Crippen molar-refractivity contribution in [3.05, 3.63) is 157 Å². The number of rotatable bonds is 8. The number of aromatic nitrogens is 2. The van der Waals surface area contributed by atoms with Gasteiger partial charge >= 0.3 is 0 Å². The summed E-state index contributed by atoms with van der Waals surface area (Å²) < 4.78 is 8.65. The number of nitrogens with zero attached hydrogens (tertiary/aromatic N) is 2. The third kappa shape index (κ3) is 6.16. The Morgan fingerprint density at radius 2 is 1.43 bits per heavy atom. The maximum atomic E-state index is 8.04. The SMILES string of the molecule is CC(C)(C)c1ccnc(-n2c3ccccc3c3ccc(Oc4cccc(N/C=C(\C=N)c5ccc(-c6ccccc6)cc5)c4)cc32)c1. The van der Waals surface area contributed by atoms with Crippen LogP contribution in [0.2, 0.25) is 0 Å². The minimum absolute atomic E-state index is 0.00537. The Balaban J connectivity index is 1.16. The molecule has 0 atom stereocenters. The first-order valence-electron chi connectivity index (χ1n) is 15.8. The van der Waals surface area contributed by atoms with Crippen molar-refractivity contribution < 1.29 is 4.74 Å². The Labute approximate surface area is 275 Å². The number of para-hydroxylation sites is 1. The van der Waals surface area contributed by atoms with E-state index >= 15 is 0 Å². The number of allylic oxidation sites excluding steroid dienone is 1. The molecule has 0 saturated carbocycles. The highest BCUT2D eigenvalue weighted by Gasteiger charge is 2.18. The van der Waals surface area contributed by atoms with Gasteiger partial charge in [-0.15, -0.1) is 0 Å². The molecule has 0 saturated heterocycles. The molecule has 5 nitrogen and oxygen atoms in total. The molecule has 0 aliphatic rings. The quantitative estimate of drug-likeness (QED) is 0.168. The highest BCUT2D eigenvalue weighted by molar-refractivity contribution is 6.10. The zero-order chi connectivity index (χ0) is 32.4. The van der Waals surface area contributed by atoms with Gasteiger partial charge in [0, 0.05) is 52.8 Å². The van der Waals surface area contributed by atoms with Gasteiger partial charge in [-0.1, -0.05) is 99.6 Å². The van der Waals surface area contributed by atoms with Crippen molar-refractivity contribution in [2.75, 3.05) is 5.32 Å². The van der Waals surface area contributed by atoms with Gasteiger partial charge < -0.3 is 15.5 Å². The summed E-state index contributed by atoms with van der Waals surface area (Å²) in [7, 11) is 0. The molecule has 0 unspecified atom stereocenters. The van der Waals surface area contributed by atoms with Crippen molar-refractivity contribution in [3.63, 3.8) is 0 Å². The number of fused-ring (bicyclic) bond motifs is 3. The zero-order valence-electron chi connectivity index (χ0n) is 26.7. The van der Waals surface area contributed by atoms with Crippen LogP contribution < -0.4 is 10.1 Å². The van der Waals surface area contributed by atoms with Crippen molar-refractivity contribution >= 4 is 39.3 Å². The van der Waals surface area contributed by atoms with Gasteiger partial charge in [0.15, 0.2) is 0 Å². The molecule has 7 aromatic rings. The van der Waals surface area contributed by atoms with Gasteiger partial charge in [0.2, 0.25) is 0 Å². The number of hydrogen-bond acceptors (Lipinski definition) is 4. The van der Waals surface area contributed by atoms with Crippen LogP contribution in [0.3, 0.4) is 0 Å². The molecule has 2 heterocycles. The van der Waals surface area contributed by atoms with Crippen LogP contribution in [0.15, 0.2) is 146 Å². The first kappa shape index (κ1) is 29.8. The van der Waals surface area contributed by atoms with Gasteiger partial charge in [0.05, 0.1) is 11.0 Å². The first-order valence-corrected chi connectivity index (χ1v) is 15.8. The molecule has 5 aromatic carbocycles. The normalized spacial score (nSPS) is 11.9. The van der Waals surface area contributed by atoms with Gasteiger partial charge in [-0.25, -0.2) is 4.98 Å². The second-order valence-electron chi connectivity index (χ2n) is 12.6. The number of anilines is 1. The summed E-state index contributed by atoms with van der Waals surface area (Å²) in [5.41, 5.74) is 8.29. The molecular weight excluding hydrogens is 576 g/mol. The molecular formula is C42H36N4O. The van der Waals surface area contributed by atoms with E-state index in [-0.39, 0.29) is 5.41 Å². The minimum Gasteiger partial charge on any atom is -0.457 e. The number of ether oxygens (including phenoxy) is 1. The Morgan fingerprint density at radius 3 is 2.21 bits per heavy atom. The Kier molecular flexibility index (Phi) is 7.88. The van der Waals surface area contributed by atoms with Crippen molar-refractivity contribution in [2.24, 2.45) is 0 Å². The molecule has 7 rings (SSSR count). The van der Waals surface area contributed by atoms with E-state index in [9.17, 15) is 0 Å². The summed E-state index contributed by atoms with van der Waals surface area (Å²) in [5.74, 6) is 2.33. The number of benzene rings is 5. The summed E-state index contributed by atoms with van der Waals surface area (Å²) in [6.45, 7) is 6.66. The van der Waals surface area contributed by atoms with Crippen LogP contribution >= 0.6 is 0 Å². The lowest BCUT2D eigenvalue weighted by Crippen LogP contribution is -2.12. The van der Waals surface area contributed by atoms with E-state index in [0.29, 0.717) is 5.75 Å². The van der Waals surface area contributed by atoms with Crippen molar-refractivity contribution in [1.29, 1.82) is 5.41 Å². The fourth-order valence-corrected chi connectivity index (χ4v) is 5.91. The summed E-state index contributed by atoms with van der Waals surface area (Å²) in [4.78, 5) is 4.79. The summed E-state index contributed by atoms with van der Waals surface area (Å²) in [6, 6.07) is 45.4. The molecule has 0 radical (unpaired) electrons. The van der Waals surface area contributed by atoms with Crippen LogP contribution in [0.4, 0.5) is 5.69 Å². The molecule has 0 aliphatic carbocycles. The fourth-order valence-electron chi connectivity index (χ4n) is 5.91. The van der Waals surface area contributed by atoms with E-state index < -0.39 is 0 Å². The highest BCUT2D eigenvalue weighted by Crippen LogP contribution is 2.36. The van der Waals surface area contributed by atoms with E-state index in [1.54, 1.807) is 0 Å². The molecule has 230 valence electrons. The molecule has 2 N–H and O–H groups in total. The molecule has 0 fully saturated rings. The summed E-state index contributed by atoms with van der Waals surface area (Å²) >= 11 is 0. The minimum atomic E-state index is 0.00537. The molecule has 0 spiro atoms. The van der Waals surface area contributed by atoms with Crippen LogP contribution in [0, 0.1) is 5.41 Å². The lowest BCUT2D eigenvalue weighted by Gasteiger charge is -2.20. The van der Waals surface area contributed by atoms with E-state index in [1.165, 1.54) is 22.7 Å². The maximum Gasteiger partial charge on any atom is 0.137 e. The predicted octanol–water partition coefficient (Wildman–Crippen LogP) is 11.0. The van der Waals surface area contributed by atoms with Crippen LogP contribution in [-0.2, 0) is 5.41 Å². The monoisotopic (exact) mass is 612 g/mol. The van der Waals surface area contributed by atoms with E-state index in [2.05, 4.69) is 103 Å². The molecule has 5 heteroatoms. The number of nitrogens with one attached hydrogen (secondary N) is 2. The van der Waals surface area contributed by atoms with Crippen molar-refractivity contribution in [1.82, 2.24) is 9.55 Å². The topological polar surface area (TPSA) is 62.9 Å². The molecule has 0 bridgehead atoms. The average molecular weight is 613 g/mol. The van der Waals surface area contributed by atoms with Crippen LogP contribution in [-0.4, -0.2) is 15.8 Å². The second-order valence-corrected chi connectivity index (χ2v) is 12.6. The Bertz CT molecular complexity index is 2240. The third-order valence-corrected chi connectivity index (χ3v) is 8.43. The van der Waals surface area contributed by atoms with Gasteiger partial charge in [-0.3, -0.25) is 4.57 Å². The lowest BCUT2D eigenvalue weighted by atomic mass is 9.88. The molecule has 47 heavy (non-hydrogen) atoms. The van der Waals surface area contributed by atoms with Crippen LogP contribution in [0.5, 0.6) is 11.5 Å². The zero-order valence-corrected chi connectivity index (χ0v) is 26.7. The largest absolute Gasteiger partial charge is 0.457 e. The Morgan fingerprint density at radius 1 is 0.702 bits per heavy atom. The molecule has 0 amide bonds. The summed E-state index contributed by atoms with van der Waals surface area (Å²) in [6.07, 6.45) is 5.12. The fraction of sp³-hybridized carbons (Fsp3) is 0.0952. The Hall–Kier alpha value is -5.94. The highest BCUT2D eigenvalue weighted by atomic mass is 16.5. The maximum absolute atomic E-state index is 8.04. The van der Waals surface area contributed by atoms with E-state index in [1.807, 2.05) is 73.1 Å².